The Labute approximate surface area is 272 Å². The molecule has 3 N–H and O–H groups in total. The van der Waals surface area contributed by atoms with E-state index in [2.05, 4.69) is 15.5 Å². The summed E-state index contributed by atoms with van der Waals surface area (Å²) in [5.41, 5.74) is -0.102. The van der Waals surface area contributed by atoms with Crippen molar-refractivity contribution in [3.05, 3.63) is 59.7 Å². The summed E-state index contributed by atoms with van der Waals surface area (Å²) in [6.45, 7) is 5.29. The molecule has 10 nitrogen and oxygen atoms in total. The maximum atomic E-state index is 13.9. The number of nitrogens with one attached hydrogen (secondary N) is 2. The van der Waals surface area contributed by atoms with Crippen LogP contribution in [0.3, 0.4) is 0 Å². The van der Waals surface area contributed by atoms with Gasteiger partial charge in [0.1, 0.15) is 23.1 Å². The third kappa shape index (κ3) is 8.16. The summed E-state index contributed by atoms with van der Waals surface area (Å²) < 4.78 is 11.6. The zero-order valence-corrected chi connectivity index (χ0v) is 27.2. The summed E-state index contributed by atoms with van der Waals surface area (Å²) >= 11 is 0. The summed E-state index contributed by atoms with van der Waals surface area (Å²) in [7, 11) is 1.60. The van der Waals surface area contributed by atoms with Crippen LogP contribution in [0.1, 0.15) is 74.2 Å². The first kappa shape index (κ1) is 34.7. The molecule has 2 aliphatic heterocycles. The molecule has 3 aliphatic rings. The molecule has 0 radical (unpaired) electrons. The van der Waals surface area contributed by atoms with Gasteiger partial charge in [0.15, 0.2) is 0 Å². The second kappa shape index (κ2) is 15.4. The van der Waals surface area contributed by atoms with Gasteiger partial charge in [-0.05, 0) is 74.6 Å². The first-order valence-corrected chi connectivity index (χ1v) is 16.0. The molecule has 0 unspecified atom stereocenters. The van der Waals surface area contributed by atoms with Crippen LogP contribution in [0.2, 0.25) is 0 Å². The van der Waals surface area contributed by atoms with E-state index >= 15 is 0 Å². The minimum Gasteiger partial charge on any atom is -0.457 e. The van der Waals surface area contributed by atoms with E-state index in [1.165, 1.54) is 0 Å². The van der Waals surface area contributed by atoms with E-state index in [1.54, 1.807) is 36.2 Å². The molecule has 3 fully saturated rings. The van der Waals surface area contributed by atoms with Crippen molar-refractivity contribution in [3.8, 4) is 11.5 Å². The van der Waals surface area contributed by atoms with Gasteiger partial charge in [-0.15, -0.1) is 12.4 Å². The Hall–Kier alpha value is -3.18. The largest absolute Gasteiger partial charge is 0.457 e. The SMILES string of the molecule is CCOCCN1C(=O)[C@@H](CC2(O)CCCCC2)NC(=O)C12CCN(Cc1ccc(Oc3ccc(C(=O)NC)cc3)cc1)CC2.Cl. The third-order valence-corrected chi connectivity index (χ3v) is 9.43. The fourth-order valence-electron chi connectivity index (χ4n) is 6.89. The van der Waals surface area contributed by atoms with Gasteiger partial charge in [0.2, 0.25) is 11.8 Å². The van der Waals surface area contributed by atoms with Gasteiger partial charge in [0.05, 0.1) is 12.2 Å². The van der Waals surface area contributed by atoms with Gasteiger partial charge < -0.3 is 30.1 Å². The molecule has 2 aromatic carbocycles. The number of hydrogen-bond donors (Lipinski definition) is 3. The van der Waals surface area contributed by atoms with Crippen LogP contribution in [0.5, 0.6) is 11.5 Å². The van der Waals surface area contributed by atoms with Crippen LogP contribution in [-0.4, -0.2) is 89.7 Å². The Morgan fingerprint density at radius 1 is 0.978 bits per heavy atom. The number of carbonyl (C=O) groups is 3. The van der Waals surface area contributed by atoms with Crippen molar-refractivity contribution >= 4 is 30.1 Å². The average molecular weight is 643 g/mol. The van der Waals surface area contributed by atoms with Crippen LogP contribution in [0.25, 0.3) is 0 Å². The molecule has 1 atom stereocenters. The highest BCUT2D eigenvalue weighted by molar-refractivity contribution is 6.00. The van der Waals surface area contributed by atoms with Gasteiger partial charge in [-0.3, -0.25) is 19.3 Å². The number of carbonyl (C=O) groups excluding carboxylic acids is 3. The molecule has 3 amide bonds. The molecule has 45 heavy (non-hydrogen) atoms. The lowest BCUT2D eigenvalue weighted by atomic mass is 9.77. The molecule has 11 heteroatoms. The zero-order chi connectivity index (χ0) is 31.2. The van der Waals surface area contributed by atoms with Crippen molar-refractivity contribution in [2.24, 2.45) is 0 Å². The Morgan fingerprint density at radius 2 is 1.60 bits per heavy atom. The Balaban J connectivity index is 0.00000461. The molecule has 5 rings (SSSR count). The van der Waals surface area contributed by atoms with Gasteiger partial charge >= 0.3 is 0 Å². The number of piperidine rings is 1. The van der Waals surface area contributed by atoms with E-state index < -0.39 is 17.2 Å². The molecule has 2 heterocycles. The van der Waals surface area contributed by atoms with Crippen molar-refractivity contribution in [1.29, 1.82) is 0 Å². The molecule has 2 saturated heterocycles. The third-order valence-electron chi connectivity index (χ3n) is 9.43. The molecule has 2 aromatic rings. The Kier molecular flexibility index (Phi) is 11.9. The van der Waals surface area contributed by atoms with Crippen LogP contribution < -0.4 is 15.4 Å². The normalized spacial score (nSPS) is 21.1. The molecular weight excluding hydrogens is 596 g/mol. The van der Waals surface area contributed by atoms with Crippen LogP contribution in [0.4, 0.5) is 0 Å². The quantitative estimate of drug-likeness (QED) is 0.317. The summed E-state index contributed by atoms with van der Waals surface area (Å²) in [5, 5.41) is 16.8. The highest BCUT2D eigenvalue weighted by Gasteiger charge is 2.54. The van der Waals surface area contributed by atoms with Crippen molar-refractivity contribution in [2.45, 2.75) is 82.0 Å². The summed E-state index contributed by atoms with van der Waals surface area (Å²) in [4.78, 5) is 43.4. The predicted molar refractivity (Wildman–Crippen MR) is 174 cm³/mol. The van der Waals surface area contributed by atoms with E-state index in [1.807, 2.05) is 31.2 Å². The number of benzene rings is 2. The number of amides is 3. The number of piperazine rings is 1. The van der Waals surface area contributed by atoms with Gasteiger partial charge in [0.25, 0.3) is 5.91 Å². The first-order chi connectivity index (χ1) is 21.2. The molecule has 1 saturated carbocycles. The zero-order valence-electron chi connectivity index (χ0n) is 26.4. The fourth-order valence-corrected chi connectivity index (χ4v) is 6.89. The first-order valence-electron chi connectivity index (χ1n) is 16.0. The maximum Gasteiger partial charge on any atom is 0.251 e. The lowest BCUT2D eigenvalue weighted by Crippen LogP contribution is -2.73. The number of nitrogens with zero attached hydrogens (tertiary/aromatic N) is 2. The predicted octanol–water partition coefficient (Wildman–Crippen LogP) is 4.04. The second-order valence-corrected chi connectivity index (χ2v) is 12.4. The standard InChI is InChI=1S/C34H46N4O6.ClH/c1-3-43-22-21-38-31(40)29(23-33(42)15-5-4-6-16-33)36-32(41)34(38)17-19-37(20-18-34)24-25-7-11-27(12-8-25)44-28-13-9-26(10-14-28)30(39)35-2;/h7-14,29,42H,3-6,15-24H2,1-2H3,(H,35,39)(H,36,41);1H/t29-;/m1./s1. The maximum absolute atomic E-state index is 13.9. The minimum atomic E-state index is -0.901. The van der Waals surface area contributed by atoms with Crippen LogP contribution >= 0.6 is 12.4 Å². The van der Waals surface area contributed by atoms with Crippen molar-refractivity contribution < 1.29 is 29.0 Å². The monoisotopic (exact) mass is 642 g/mol. The molecule has 0 bridgehead atoms. The molecule has 0 aromatic heterocycles. The van der Waals surface area contributed by atoms with E-state index in [9.17, 15) is 19.5 Å². The van der Waals surface area contributed by atoms with Crippen LogP contribution in [0.15, 0.2) is 48.5 Å². The smallest absolute Gasteiger partial charge is 0.251 e. The minimum absolute atomic E-state index is 0. The Bertz CT molecular complexity index is 1290. The van der Waals surface area contributed by atoms with Gasteiger partial charge in [-0.2, -0.15) is 0 Å². The summed E-state index contributed by atoms with van der Waals surface area (Å²) in [6, 6.07) is 14.2. The van der Waals surface area contributed by atoms with Crippen molar-refractivity contribution in [3.63, 3.8) is 0 Å². The van der Waals surface area contributed by atoms with Gasteiger partial charge in [-0.1, -0.05) is 31.4 Å². The number of halogens is 1. The lowest BCUT2D eigenvalue weighted by molar-refractivity contribution is -0.164. The molecule has 1 aliphatic carbocycles. The number of aliphatic hydroxyl groups is 1. The van der Waals surface area contributed by atoms with Gasteiger partial charge in [0, 0.05) is 51.8 Å². The van der Waals surface area contributed by atoms with Crippen LogP contribution in [-0.2, 0) is 20.9 Å². The van der Waals surface area contributed by atoms with Crippen molar-refractivity contribution in [1.82, 2.24) is 20.4 Å². The average Bonchev–Trinajstić information content (AvgIpc) is 3.03. The van der Waals surface area contributed by atoms with E-state index in [4.69, 9.17) is 9.47 Å². The highest BCUT2D eigenvalue weighted by Crippen LogP contribution is 2.37. The van der Waals surface area contributed by atoms with Crippen molar-refractivity contribution in [2.75, 3.05) is 39.9 Å². The molecule has 1 spiro atoms. The second-order valence-electron chi connectivity index (χ2n) is 12.4. The van der Waals surface area contributed by atoms with Crippen LogP contribution in [0, 0.1) is 0 Å². The molecule has 246 valence electrons. The van der Waals surface area contributed by atoms with E-state index in [0.717, 1.165) is 31.4 Å². The van der Waals surface area contributed by atoms with Gasteiger partial charge in [-0.25, -0.2) is 0 Å². The van der Waals surface area contributed by atoms with E-state index in [-0.39, 0.29) is 36.5 Å². The number of likely N-dealkylation sites (tertiary alicyclic amines) is 1. The Morgan fingerprint density at radius 3 is 2.20 bits per heavy atom. The summed E-state index contributed by atoms with van der Waals surface area (Å²) in [6.07, 6.45) is 5.69. The number of hydrogen-bond acceptors (Lipinski definition) is 7. The number of rotatable bonds is 11. The molecular formula is C34H47ClN4O6. The lowest BCUT2D eigenvalue weighted by Gasteiger charge is -2.52. The van der Waals surface area contributed by atoms with E-state index in [0.29, 0.717) is 75.6 Å². The summed E-state index contributed by atoms with van der Waals surface area (Å²) in [5.74, 6) is 1.000. The number of ether oxygens (including phenoxy) is 2. The highest BCUT2D eigenvalue weighted by atomic mass is 35.5. The topological polar surface area (TPSA) is 120 Å². The fraction of sp³-hybridized carbons (Fsp3) is 0.559.